The van der Waals surface area contributed by atoms with Gasteiger partial charge in [-0.25, -0.2) is 13.4 Å². The fraction of sp³-hybridized carbons (Fsp3) is 0.429. The maximum Gasteiger partial charge on any atom is 0.422 e. The Hall–Kier alpha value is -1.38. The van der Waals surface area contributed by atoms with Gasteiger partial charge < -0.3 is 4.74 Å². The first-order chi connectivity index (χ1) is 7.18. The Balaban J connectivity index is 2.84. The molecule has 1 aromatic rings. The Bertz CT molecular complexity index is 472. The quantitative estimate of drug-likeness (QED) is 0.749. The molecule has 16 heavy (non-hydrogen) atoms. The van der Waals surface area contributed by atoms with E-state index in [-0.39, 0.29) is 0 Å². The number of hydrogen-bond acceptors (Lipinski definition) is 5. The van der Waals surface area contributed by atoms with Crippen LogP contribution >= 0.6 is 0 Å². The van der Waals surface area contributed by atoms with Crippen LogP contribution in [0.2, 0.25) is 0 Å². The summed E-state index contributed by atoms with van der Waals surface area (Å²) in [5, 5.41) is -0.577. The van der Waals surface area contributed by atoms with Crippen molar-refractivity contribution < 1.29 is 26.3 Å². The highest BCUT2D eigenvalue weighted by Crippen LogP contribution is 2.17. The Morgan fingerprint density at radius 2 is 2.06 bits per heavy atom. The summed E-state index contributed by atoms with van der Waals surface area (Å²) < 4.78 is 61.6. The zero-order chi connectivity index (χ0) is 12.4. The van der Waals surface area contributed by atoms with Gasteiger partial charge in [-0.3, -0.25) is 0 Å². The van der Waals surface area contributed by atoms with E-state index in [2.05, 4.69) is 14.7 Å². The summed E-state index contributed by atoms with van der Waals surface area (Å²) >= 11 is 0. The maximum atomic E-state index is 11.8. The van der Waals surface area contributed by atoms with Crippen molar-refractivity contribution in [2.24, 2.45) is 0 Å². The zero-order valence-electron chi connectivity index (χ0n) is 8.02. The topological polar surface area (TPSA) is 69.2 Å². The molecule has 0 aliphatic rings. The standard InChI is InChI=1S/C7H7F3N2O3S/c1-16(13,14)6-11-3-2-5(12-6)15-4-7(8,9)10/h2-3H,4H2,1H3. The first-order valence-corrected chi connectivity index (χ1v) is 5.80. The van der Waals surface area contributed by atoms with Crippen LogP contribution in [-0.2, 0) is 9.84 Å². The van der Waals surface area contributed by atoms with Gasteiger partial charge in [-0.05, 0) is 0 Å². The number of sulfone groups is 1. The van der Waals surface area contributed by atoms with E-state index in [1.54, 1.807) is 0 Å². The largest absolute Gasteiger partial charge is 0.468 e. The number of hydrogen-bond donors (Lipinski definition) is 0. The molecule has 1 heterocycles. The van der Waals surface area contributed by atoms with Crippen LogP contribution in [0.3, 0.4) is 0 Å². The normalized spacial score (nSPS) is 12.5. The zero-order valence-corrected chi connectivity index (χ0v) is 8.84. The number of halogens is 3. The number of nitrogens with zero attached hydrogens (tertiary/aromatic N) is 2. The summed E-state index contributed by atoms with van der Waals surface area (Å²) in [7, 11) is -3.66. The Morgan fingerprint density at radius 1 is 1.44 bits per heavy atom. The molecule has 0 saturated carbocycles. The first kappa shape index (κ1) is 12.7. The van der Waals surface area contributed by atoms with Crippen LogP contribution in [0.4, 0.5) is 13.2 Å². The van der Waals surface area contributed by atoms with Crippen molar-refractivity contribution in [3.05, 3.63) is 12.3 Å². The van der Waals surface area contributed by atoms with Crippen LogP contribution < -0.4 is 4.74 Å². The van der Waals surface area contributed by atoms with Crippen LogP contribution in [0, 0.1) is 0 Å². The summed E-state index contributed by atoms with van der Waals surface area (Å²) in [5.74, 6) is -0.437. The van der Waals surface area contributed by atoms with Crippen LogP contribution in [0.5, 0.6) is 5.88 Å². The molecule has 0 aromatic carbocycles. The molecule has 0 amide bonds. The van der Waals surface area contributed by atoms with Crippen molar-refractivity contribution in [2.45, 2.75) is 11.3 Å². The second-order valence-corrected chi connectivity index (χ2v) is 4.76. The lowest BCUT2D eigenvalue weighted by Crippen LogP contribution is -2.20. The molecule has 0 fully saturated rings. The molecule has 0 atom stereocenters. The van der Waals surface area contributed by atoms with Crippen molar-refractivity contribution in [3.63, 3.8) is 0 Å². The van der Waals surface area contributed by atoms with Gasteiger partial charge in [-0.1, -0.05) is 0 Å². The van der Waals surface area contributed by atoms with Gasteiger partial charge in [-0.15, -0.1) is 0 Å². The predicted octanol–water partition coefficient (Wildman–Crippen LogP) is 0.821. The molecule has 5 nitrogen and oxygen atoms in total. The lowest BCUT2D eigenvalue weighted by Gasteiger charge is -2.08. The Morgan fingerprint density at radius 3 is 2.56 bits per heavy atom. The van der Waals surface area contributed by atoms with Crippen molar-refractivity contribution in [1.82, 2.24) is 9.97 Å². The van der Waals surface area contributed by atoms with E-state index in [0.29, 0.717) is 0 Å². The molecule has 0 aliphatic heterocycles. The number of aromatic nitrogens is 2. The van der Waals surface area contributed by atoms with Gasteiger partial charge >= 0.3 is 6.18 Å². The van der Waals surface area contributed by atoms with Crippen molar-refractivity contribution in [1.29, 1.82) is 0 Å². The van der Waals surface area contributed by atoms with E-state index in [1.807, 2.05) is 0 Å². The fourth-order valence-electron chi connectivity index (χ4n) is 0.740. The van der Waals surface area contributed by atoms with Crippen LogP contribution in [0.25, 0.3) is 0 Å². The summed E-state index contributed by atoms with van der Waals surface area (Å²) in [6.07, 6.45) is -2.65. The molecule has 0 bridgehead atoms. The highest BCUT2D eigenvalue weighted by atomic mass is 32.2. The van der Waals surface area contributed by atoms with E-state index in [9.17, 15) is 21.6 Å². The summed E-state index contributed by atoms with van der Waals surface area (Å²) in [6.45, 7) is -1.53. The summed E-state index contributed by atoms with van der Waals surface area (Å²) in [5.41, 5.74) is 0. The van der Waals surface area contributed by atoms with Gasteiger partial charge in [0.05, 0.1) is 0 Å². The Kier molecular flexibility index (Phi) is 3.36. The van der Waals surface area contributed by atoms with Gasteiger partial charge in [0.15, 0.2) is 6.61 Å². The first-order valence-electron chi connectivity index (χ1n) is 3.91. The smallest absolute Gasteiger partial charge is 0.422 e. The molecule has 0 spiro atoms. The van der Waals surface area contributed by atoms with E-state index in [4.69, 9.17) is 0 Å². The van der Waals surface area contributed by atoms with E-state index in [1.165, 1.54) is 0 Å². The van der Waals surface area contributed by atoms with Crippen LogP contribution in [0.1, 0.15) is 0 Å². The predicted molar refractivity (Wildman–Crippen MR) is 46.7 cm³/mol. The highest BCUT2D eigenvalue weighted by molar-refractivity contribution is 7.90. The summed E-state index contributed by atoms with van der Waals surface area (Å²) in [4.78, 5) is 6.72. The van der Waals surface area contributed by atoms with Gasteiger partial charge in [0.25, 0.3) is 0 Å². The third-order valence-electron chi connectivity index (χ3n) is 1.32. The summed E-state index contributed by atoms with van der Waals surface area (Å²) in [6, 6.07) is 1.04. The second-order valence-electron chi connectivity index (χ2n) is 2.85. The van der Waals surface area contributed by atoms with E-state index in [0.717, 1.165) is 18.5 Å². The number of ether oxygens (including phenoxy) is 1. The monoisotopic (exact) mass is 256 g/mol. The minimum atomic E-state index is -4.50. The average molecular weight is 256 g/mol. The van der Waals surface area contributed by atoms with E-state index >= 15 is 0 Å². The minimum absolute atomic E-state index is 0.437. The second kappa shape index (κ2) is 4.24. The third-order valence-corrected chi connectivity index (χ3v) is 2.18. The van der Waals surface area contributed by atoms with Gasteiger partial charge in [-0.2, -0.15) is 18.2 Å². The molecule has 90 valence electrons. The SMILES string of the molecule is CS(=O)(=O)c1nccc(OCC(F)(F)F)n1. The van der Waals surface area contributed by atoms with Crippen LogP contribution in [0.15, 0.2) is 17.4 Å². The molecular weight excluding hydrogens is 249 g/mol. The molecule has 0 saturated heterocycles. The maximum absolute atomic E-state index is 11.8. The molecule has 0 N–H and O–H groups in total. The van der Waals surface area contributed by atoms with Crippen molar-refractivity contribution in [2.75, 3.05) is 12.9 Å². The lowest BCUT2D eigenvalue weighted by atomic mass is 10.6. The van der Waals surface area contributed by atoms with Gasteiger partial charge in [0, 0.05) is 18.5 Å². The third kappa shape index (κ3) is 4.01. The molecule has 1 aromatic heterocycles. The Labute approximate surface area is 89.2 Å². The lowest BCUT2D eigenvalue weighted by molar-refractivity contribution is -0.154. The van der Waals surface area contributed by atoms with E-state index < -0.39 is 33.7 Å². The molecule has 1 rings (SSSR count). The molecular formula is C7H7F3N2O3S. The fourth-order valence-corrected chi connectivity index (χ4v) is 1.25. The number of alkyl halides is 3. The van der Waals surface area contributed by atoms with Gasteiger partial charge in [0.2, 0.25) is 20.9 Å². The molecule has 9 heteroatoms. The minimum Gasteiger partial charge on any atom is -0.468 e. The average Bonchev–Trinajstić information content (AvgIpc) is 2.13. The van der Waals surface area contributed by atoms with Gasteiger partial charge in [0.1, 0.15) is 0 Å². The number of rotatable bonds is 3. The van der Waals surface area contributed by atoms with Crippen LogP contribution in [-0.4, -0.2) is 37.4 Å². The molecule has 0 aliphatic carbocycles. The molecule has 0 unspecified atom stereocenters. The van der Waals surface area contributed by atoms with Crippen molar-refractivity contribution in [3.8, 4) is 5.88 Å². The molecule has 0 radical (unpaired) electrons. The van der Waals surface area contributed by atoms with Crippen molar-refractivity contribution >= 4 is 9.84 Å². The highest BCUT2D eigenvalue weighted by Gasteiger charge is 2.28.